The summed E-state index contributed by atoms with van der Waals surface area (Å²) in [5, 5.41) is 0.400. The Hall–Kier alpha value is -0.630. The van der Waals surface area contributed by atoms with E-state index in [0.717, 1.165) is 5.56 Å². The van der Waals surface area contributed by atoms with Gasteiger partial charge in [0.25, 0.3) is 0 Å². The molecule has 0 atom stereocenters. The number of halogens is 1. The first-order valence-electron chi connectivity index (χ1n) is 2.99. The van der Waals surface area contributed by atoms with Crippen molar-refractivity contribution < 1.29 is 4.79 Å². The third kappa shape index (κ3) is 1.67. The Balaban J connectivity index is 2.85. The summed E-state index contributed by atoms with van der Waals surface area (Å²) in [7, 11) is 0. The van der Waals surface area contributed by atoms with Crippen LogP contribution in [0.25, 0.3) is 0 Å². The molecule has 1 aromatic carbocycles. The number of alkyl halides is 1. The summed E-state index contributed by atoms with van der Waals surface area (Å²) in [4.78, 5) is 11.0. The van der Waals surface area contributed by atoms with Crippen LogP contribution in [0.5, 0.6) is 0 Å². The highest BCUT2D eigenvalue weighted by Gasteiger charge is 1.99. The van der Waals surface area contributed by atoms with Crippen molar-refractivity contribution in [3.8, 4) is 0 Å². The van der Waals surface area contributed by atoms with Crippen molar-refractivity contribution in [1.82, 2.24) is 0 Å². The van der Waals surface area contributed by atoms with E-state index in [4.69, 9.17) is 0 Å². The van der Waals surface area contributed by atoms with E-state index in [2.05, 4.69) is 15.9 Å². The fourth-order valence-electron chi connectivity index (χ4n) is 0.701. The molecule has 1 nitrogen and oxygen atoms in total. The molecule has 0 heterocycles. The highest BCUT2D eigenvalue weighted by molar-refractivity contribution is 9.09. The average molecular weight is 207 g/mol. The monoisotopic (exact) mass is 206 g/mol. The van der Waals surface area contributed by atoms with E-state index in [1.807, 2.05) is 30.3 Å². The molecule has 1 rings (SSSR count). The fraction of sp³-hybridized carbons (Fsp3) is 0.125. The summed E-state index contributed by atoms with van der Waals surface area (Å²) < 4.78 is 0. The molecule has 0 unspecified atom stereocenters. The van der Waals surface area contributed by atoms with Crippen molar-refractivity contribution in [3.63, 3.8) is 0 Å². The molecule has 10 heavy (non-hydrogen) atoms. The molecule has 0 aliphatic heterocycles. The first-order valence-corrected chi connectivity index (χ1v) is 4.11. The smallest absolute Gasteiger partial charge is 0.173 e. The predicted octanol–water partition coefficient (Wildman–Crippen LogP) is 2.26. The van der Waals surface area contributed by atoms with Crippen LogP contribution in [0.4, 0.5) is 0 Å². The molecule has 0 aliphatic carbocycles. The Morgan fingerprint density at radius 1 is 1.30 bits per heavy atom. The molecule has 0 saturated carbocycles. The Morgan fingerprint density at radius 3 is 2.40 bits per heavy atom. The molecule has 0 fully saturated rings. The van der Waals surface area contributed by atoms with Gasteiger partial charge in [-0.1, -0.05) is 46.3 Å². The molecule has 0 spiro atoms. The maximum absolute atomic E-state index is 11.0. The predicted molar refractivity (Wildman–Crippen MR) is 44.6 cm³/mol. The lowest BCUT2D eigenvalue weighted by Crippen LogP contribution is -1.98. The standard InChI is InChI=1S/C8H7BrO/c9-6-8(10)7-4-2-1-3-5-7/h1-5H,6H2/i1+1,2+1,3+1,4+1,5+1,6+1,7+1,8+1. The van der Waals surface area contributed by atoms with E-state index in [0.29, 0.717) is 5.33 Å². The molecule has 0 N–H and O–H groups in total. The molecule has 0 amide bonds. The number of hydrogen-bond donors (Lipinski definition) is 0. The second-order valence-corrected chi connectivity index (χ2v) is 2.48. The number of ketones is 1. The summed E-state index contributed by atoms with van der Waals surface area (Å²) >= 11 is 3.10. The quantitative estimate of drug-likeness (QED) is 0.413. The molecular weight excluding hydrogens is 200 g/mol. The molecule has 0 bridgehead atoms. The normalized spacial score (nSPS) is 9.30. The van der Waals surface area contributed by atoms with E-state index in [1.54, 1.807) is 0 Å². The van der Waals surface area contributed by atoms with Gasteiger partial charge in [-0.25, -0.2) is 0 Å². The van der Waals surface area contributed by atoms with Crippen LogP contribution in [0.1, 0.15) is 10.4 Å². The molecule has 0 aromatic heterocycles. The van der Waals surface area contributed by atoms with Crippen LogP contribution in [0.2, 0.25) is 0 Å². The largest absolute Gasteiger partial charge is 0.293 e. The summed E-state index contributed by atoms with van der Waals surface area (Å²) in [6.45, 7) is 0. The van der Waals surface area contributed by atoms with Crippen LogP contribution in [0.3, 0.4) is 0 Å². The fourth-order valence-corrected chi connectivity index (χ4v) is 1.02. The number of hydrogen-bond acceptors (Lipinski definition) is 1. The Kier molecular flexibility index (Phi) is 2.63. The van der Waals surface area contributed by atoms with Crippen LogP contribution in [-0.2, 0) is 0 Å². The van der Waals surface area contributed by atoms with Gasteiger partial charge in [0.05, 0.1) is 5.33 Å². The van der Waals surface area contributed by atoms with Gasteiger partial charge >= 0.3 is 0 Å². The van der Waals surface area contributed by atoms with Crippen LogP contribution in [-0.4, -0.2) is 11.1 Å². The Morgan fingerprint density at radius 2 is 1.90 bits per heavy atom. The summed E-state index contributed by atoms with van der Waals surface area (Å²) in [5.74, 6) is 0.126. The number of carbonyl (C=O) groups excluding carboxylic acids is 1. The van der Waals surface area contributed by atoms with E-state index in [-0.39, 0.29) is 5.78 Å². The van der Waals surface area contributed by atoms with Crippen molar-refractivity contribution in [2.24, 2.45) is 0 Å². The second kappa shape index (κ2) is 3.52. The molecule has 2 heteroatoms. The number of Topliss-reactive ketones (excluding diaryl/α,β-unsaturated/α-hetero) is 1. The van der Waals surface area contributed by atoms with E-state index < -0.39 is 0 Å². The zero-order valence-corrected chi connectivity index (χ0v) is 6.97. The van der Waals surface area contributed by atoms with Gasteiger partial charge in [0.15, 0.2) is 5.78 Å². The molecule has 1 aromatic rings. The highest BCUT2D eigenvalue weighted by Crippen LogP contribution is 2.01. The number of benzene rings is 1. The van der Waals surface area contributed by atoms with Crippen LogP contribution in [0.15, 0.2) is 30.3 Å². The summed E-state index contributed by atoms with van der Waals surface area (Å²) in [6.07, 6.45) is 0. The van der Waals surface area contributed by atoms with Gasteiger partial charge in [0.1, 0.15) is 0 Å². The van der Waals surface area contributed by atoms with Crippen molar-refractivity contribution >= 4 is 21.7 Å². The average Bonchev–Trinajstić information content (AvgIpc) is 2.05. The van der Waals surface area contributed by atoms with Gasteiger partial charge in [-0.05, 0) is 0 Å². The second-order valence-electron chi connectivity index (χ2n) is 1.92. The Labute approximate surface area is 68.2 Å². The van der Waals surface area contributed by atoms with Gasteiger partial charge in [-0.2, -0.15) is 0 Å². The highest BCUT2D eigenvalue weighted by atomic mass is 79.9. The first kappa shape index (κ1) is 7.48. The maximum atomic E-state index is 11.0. The maximum Gasteiger partial charge on any atom is 0.173 e. The summed E-state index contributed by atoms with van der Waals surface area (Å²) in [5.41, 5.74) is 0.763. The topological polar surface area (TPSA) is 17.1 Å². The molecule has 0 aliphatic rings. The van der Waals surface area contributed by atoms with E-state index >= 15 is 0 Å². The minimum absolute atomic E-state index is 0.126. The van der Waals surface area contributed by atoms with Gasteiger partial charge in [0, 0.05) is 5.56 Å². The van der Waals surface area contributed by atoms with Gasteiger partial charge in [-0.3, -0.25) is 4.79 Å². The van der Waals surface area contributed by atoms with Crippen LogP contribution >= 0.6 is 15.9 Å². The zero-order valence-electron chi connectivity index (χ0n) is 5.38. The third-order valence-corrected chi connectivity index (χ3v) is 1.73. The SMILES string of the molecule is O=[13C]([13CH2]Br)[13c]1[13cH][13cH][13cH][13cH][13cH]1. The van der Waals surface area contributed by atoms with Gasteiger partial charge < -0.3 is 0 Å². The Bertz CT molecular complexity index is 218. The third-order valence-electron chi connectivity index (χ3n) is 1.22. The van der Waals surface area contributed by atoms with Crippen LogP contribution < -0.4 is 0 Å². The number of rotatable bonds is 2. The van der Waals surface area contributed by atoms with Crippen LogP contribution in [0, 0.1) is 0 Å². The molecule has 52 valence electrons. The molecule has 0 radical (unpaired) electrons. The van der Waals surface area contributed by atoms with Crippen molar-refractivity contribution in [2.45, 2.75) is 0 Å². The zero-order chi connectivity index (χ0) is 7.40. The van der Waals surface area contributed by atoms with E-state index in [1.165, 1.54) is 0 Å². The van der Waals surface area contributed by atoms with Crippen molar-refractivity contribution in [1.29, 1.82) is 0 Å². The lowest BCUT2D eigenvalue weighted by Gasteiger charge is -1.92. The van der Waals surface area contributed by atoms with Gasteiger partial charge in [0.2, 0.25) is 0 Å². The number of carbonyl (C=O) groups is 1. The lowest BCUT2D eigenvalue weighted by atomic mass is 11.1. The molecule has 0 saturated heterocycles. The van der Waals surface area contributed by atoms with Crippen molar-refractivity contribution in [2.75, 3.05) is 5.33 Å². The minimum Gasteiger partial charge on any atom is -0.293 e. The molecular formula is C8H7BrO. The first-order chi connectivity index (χ1) is 4.84. The summed E-state index contributed by atoms with van der Waals surface area (Å²) in [6, 6.07) is 9.23. The van der Waals surface area contributed by atoms with Gasteiger partial charge in [-0.15, -0.1) is 0 Å². The lowest BCUT2D eigenvalue weighted by molar-refractivity contribution is 0.102. The minimum atomic E-state index is 0.126. The van der Waals surface area contributed by atoms with Crippen molar-refractivity contribution in [3.05, 3.63) is 35.9 Å². The van der Waals surface area contributed by atoms with E-state index in [9.17, 15) is 4.79 Å².